The van der Waals surface area contributed by atoms with Crippen molar-refractivity contribution < 1.29 is 0 Å². The molecule has 0 aliphatic carbocycles. The smallest absolute Gasteiger partial charge is 0.0497 e. The van der Waals surface area contributed by atoms with Crippen molar-refractivity contribution >= 4 is 17.0 Å². The highest BCUT2D eigenvalue weighted by Gasteiger charge is 2.14. The largest absolute Gasteiger partial charge is 0.371 e. The highest BCUT2D eigenvalue weighted by atomic mass is 32.1. The van der Waals surface area contributed by atoms with Gasteiger partial charge >= 0.3 is 0 Å². The summed E-state index contributed by atoms with van der Waals surface area (Å²) in [5.74, 6) is 0. The van der Waals surface area contributed by atoms with Gasteiger partial charge in [0.25, 0.3) is 0 Å². The molecule has 1 aromatic rings. The first-order valence-electron chi connectivity index (χ1n) is 4.35. The maximum absolute atomic E-state index is 4.12. The molecule has 64 valence electrons. The SMILES string of the molecule is C=C(c1cccs1)N1CCCC1. The van der Waals surface area contributed by atoms with E-state index in [0.717, 1.165) is 0 Å². The third-order valence-electron chi connectivity index (χ3n) is 2.29. The van der Waals surface area contributed by atoms with Crippen LogP contribution in [0.15, 0.2) is 24.1 Å². The van der Waals surface area contributed by atoms with Crippen LogP contribution in [0.3, 0.4) is 0 Å². The molecule has 0 amide bonds. The Kier molecular flexibility index (Phi) is 2.17. The number of rotatable bonds is 2. The van der Waals surface area contributed by atoms with E-state index < -0.39 is 0 Å². The summed E-state index contributed by atoms with van der Waals surface area (Å²) in [6.07, 6.45) is 2.65. The first-order chi connectivity index (χ1) is 5.88. The number of hydrogen-bond donors (Lipinski definition) is 0. The van der Waals surface area contributed by atoms with E-state index in [1.165, 1.54) is 36.5 Å². The Morgan fingerprint density at radius 2 is 2.17 bits per heavy atom. The fourth-order valence-electron chi connectivity index (χ4n) is 1.59. The highest BCUT2D eigenvalue weighted by molar-refractivity contribution is 7.11. The lowest BCUT2D eigenvalue weighted by Crippen LogP contribution is -2.15. The second-order valence-electron chi connectivity index (χ2n) is 3.12. The average molecular weight is 179 g/mol. The summed E-state index contributed by atoms with van der Waals surface area (Å²) in [5, 5.41) is 2.11. The summed E-state index contributed by atoms with van der Waals surface area (Å²) in [7, 11) is 0. The minimum absolute atomic E-state index is 1.19. The van der Waals surface area contributed by atoms with Gasteiger partial charge in [0, 0.05) is 23.7 Å². The van der Waals surface area contributed by atoms with E-state index >= 15 is 0 Å². The van der Waals surface area contributed by atoms with Gasteiger partial charge in [-0.05, 0) is 24.3 Å². The van der Waals surface area contributed by atoms with Crippen molar-refractivity contribution in [3.63, 3.8) is 0 Å². The predicted octanol–water partition coefficient (Wildman–Crippen LogP) is 2.81. The Labute approximate surface area is 77.3 Å². The first-order valence-corrected chi connectivity index (χ1v) is 5.23. The monoisotopic (exact) mass is 179 g/mol. The number of nitrogens with zero attached hydrogens (tertiary/aromatic N) is 1. The minimum atomic E-state index is 1.19. The lowest BCUT2D eigenvalue weighted by molar-refractivity contribution is 0.495. The molecular weight excluding hydrogens is 166 g/mol. The lowest BCUT2D eigenvalue weighted by atomic mass is 10.3. The second-order valence-corrected chi connectivity index (χ2v) is 4.07. The molecule has 1 nitrogen and oxygen atoms in total. The molecule has 1 fully saturated rings. The van der Waals surface area contributed by atoms with Crippen LogP contribution in [0.4, 0.5) is 0 Å². The summed E-state index contributed by atoms with van der Waals surface area (Å²) in [4.78, 5) is 3.70. The van der Waals surface area contributed by atoms with Gasteiger partial charge in [-0.3, -0.25) is 0 Å². The molecule has 2 heteroatoms. The first kappa shape index (κ1) is 7.87. The van der Waals surface area contributed by atoms with Crippen molar-refractivity contribution in [2.24, 2.45) is 0 Å². The Bertz CT molecular complexity index is 257. The van der Waals surface area contributed by atoms with Crippen molar-refractivity contribution in [3.8, 4) is 0 Å². The van der Waals surface area contributed by atoms with Gasteiger partial charge in [-0.2, -0.15) is 0 Å². The fourth-order valence-corrected chi connectivity index (χ4v) is 2.31. The van der Waals surface area contributed by atoms with Gasteiger partial charge < -0.3 is 4.90 Å². The van der Waals surface area contributed by atoms with Crippen LogP contribution in [0.2, 0.25) is 0 Å². The van der Waals surface area contributed by atoms with E-state index in [1.807, 2.05) is 0 Å². The Morgan fingerprint density at radius 3 is 2.75 bits per heavy atom. The molecular formula is C10H13NS. The van der Waals surface area contributed by atoms with Gasteiger partial charge in [0.2, 0.25) is 0 Å². The molecule has 1 aliphatic rings. The average Bonchev–Trinajstić information content (AvgIpc) is 2.77. The van der Waals surface area contributed by atoms with Crippen LogP contribution < -0.4 is 0 Å². The van der Waals surface area contributed by atoms with Crippen LogP contribution in [-0.4, -0.2) is 18.0 Å². The highest BCUT2D eigenvalue weighted by Crippen LogP contribution is 2.25. The van der Waals surface area contributed by atoms with Gasteiger partial charge in [-0.1, -0.05) is 12.6 Å². The molecule has 0 spiro atoms. The van der Waals surface area contributed by atoms with Crippen LogP contribution in [-0.2, 0) is 0 Å². The normalized spacial score (nSPS) is 16.8. The summed E-state index contributed by atoms with van der Waals surface area (Å²) in [5.41, 5.74) is 1.21. The molecule has 0 atom stereocenters. The zero-order valence-electron chi connectivity index (χ0n) is 7.12. The van der Waals surface area contributed by atoms with Crippen molar-refractivity contribution in [2.45, 2.75) is 12.8 Å². The zero-order chi connectivity index (χ0) is 8.39. The second kappa shape index (κ2) is 3.31. The zero-order valence-corrected chi connectivity index (χ0v) is 7.94. The molecule has 1 aromatic heterocycles. The van der Waals surface area contributed by atoms with Crippen LogP contribution in [0.25, 0.3) is 5.70 Å². The van der Waals surface area contributed by atoms with E-state index in [0.29, 0.717) is 0 Å². The molecule has 0 N–H and O–H groups in total. The van der Waals surface area contributed by atoms with Gasteiger partial charge in [0.1, 0.15) is 0 Å². The van der Waals surface area contributed by atoms with E-state index in [4.69, 9.17) is 0 Å². The summed E-state index contributed by atoms with van der Waals surface area (Å²) < 4.78 is 0. The number of hydrogen-bond acceptors (Lipinski definition) is 2. The van der Waals surface area contributed by atoms with Gasteiger partial charge in [-0.15, -0.1) is 11.3 Å². The molecule has 1 saturated heterocycles. The number of thiophene rings is 1. The quantitative estimate of drug-likeness (QED) is 0.674. The number of likely N-dealkylation sites (tertiary alicyclic amines) is 1. The molecule has 0 bridgehead atoms. The Morgan fingerprint density at radius 1 is 1.42 bits per heavy atom. The topological polar surface area (TPSA) is 3.24 Å². The van der Waals surface area contributed by atoms with Crippen LogP contribution >= 0.6 is 11.3 Å². The maximum atomic E-state index is 4.12. The summed E-state index contributed by atoms with van der Waals surface area (Å²) in [6.45, 7) is 6.50. The van der Waals surface area contributed by atoms with Crippen molar-refractivity contribution in [3.05, 3.63) is 29.0 Å². The molecule has 2 heterocycles. The van der Waals surface area contributed by atoms with Crippen molar-refractivity contribution in [1.82, 2.24) is 4.90 Å². The van der Waals surface area contributed by atoms with Gasteiger partial charge in [0.15, 0.2) is 0 Å². The Balaban J connectivity index is 2.09. The van der Waals surface area contributed by atoms with Crippen molar-refractivity contribution in [2.75, 3.05) is 13.1 Å². The molecule has 0 aromatic carbocycles. The molecule has 0 saturated carbocycles. The van der Waals surface area contributed by atoms with Crippen LogP contribution in [0.1, 0.15) is 17.7 Å². The van der Waals surface area contributed by atoms with E-state index in [-0.39, 0.29) is 0 Å². The Hall–Kier alpha value is -0.760. The van der Waals surface area contributed by atoms with E-state index in [9.17, 15) is 0 Å². The molecule has 0 radical (unpaired) electrons. The molecule has 0 unspecified atom stereocenters. The van der Waals surface area contributed by atoms with Gasteiger partial charge in [0.05, 0.1) is 0 Å². The third kappa shape index (κ3) is 1.39. The standard InChI is InChI=1S/C10H13NS/c1-9(10-5-4-8-12-10)11-6-2-3-7-11/h4-5,8H,1-3,6-7H2. The predicted molar refractivity (Wildman–Crippen MR) is 54.2 cm³/mol. The maximum Gasteiger partial charge on any atom is 0.0497 e. The van der Waals surface area contributed by atoms with Crippen LogP contribution in [0.5, 0.6) is 0 Å². The fraction of sp³-hybridized carbons (Fsp3) is 0.400. The van der Waals surface area contributed by atoms with E-state index in [2.05, 4.69) is 29.0 Å². The molecule has 2 rings (SSSR count). The van der Waals surface area contributed by atoms with Crippen molar-refractivity contribution in [1.29, 1.82) is 0 Å². The van der Waals surface area contributed by atoms with E-state index in [1.54, 1.807) is 11.3 Å². The molecule has 12 heavy (non-hydrogen) atoms. The third-order valence-corrected chi connectivity index (χ3v) is 3.21. The molecule has 1 aliphatic heterocycles. The van der Waals surface area contributed by atoms with Gasteiger partial charge in [-0.25, -0.2) is 0 Å². The summed E-state index contributed by atoms with van der Waals surface area (Å²) in [6, 6.07) is 4.23. The lowest BCUT2D eigenvalue weighted by Gasteiger charge is -2.18. The minimum Gasteiger partial charge on any atom is -0.371 e. The van der Waals surface area contributed by atoms with Crippen LogP contribution in [0, 0.1) is 0 Å². The summed E-state index contributed by atoms with van der Waals surface area (Å²) >= 11 is 1.78.